The number of fused-ring (bicyclic) bond motifs is 2. The Labute approximate surface area is 231 Å². The summed E-state index contributed by atoms with van der Waals surface area (Å²) in [6, 6.07) is 6.84. The van der Waals surface area contributed by atoms with E-state index in [1.165, 1.54) is 34.6 Å². The second-order valence-electron chi connectivity index (χ2n) is 10.6. The van der Waals surface area contributed by atoms with Gasteiger partial charge in [-0.3, -0.25) is 9.69 Å². The summed E-state index contributed by atoms with van der Waals surface area (Å²) < 4.78 is 69.6. The number of rotatable bonds is 8. The first kappa shape index (κ1) is 26.5. The van der Waals surface area contributed by atoms with E-state index >= 15 is 4.39 Å². The van der Waals surface area contributed by atoms with Crippen molar-refractivity contribution in [3.8, 4) is 0 Å². The molecule has 6 rings (SSSR count). The van der Waals surface area contributed by atoms with Gasteiger partial charge in [0.15, 0.2) is 0 Å². The van der Waals surface area contributed by atoms with Crippen molar-refractivity contribution in [2.45, 2.75) is 66.8 Å². The zero-order valence-electron chi connectivity index (χ0n) is 20.2. The van der Waals surface area contributed by atoms with Crippen LogP contribution in [-0.2, 0) is 26.6 Å². The lowest BCUT2D eigenvalue weighted by Gasteiger charge is -2.34. The molecular weight excluding hydrogens is 576 g/mol. The molecule has 4 fully saturated rings. The Morgan fingerprint density at radius 1 is 0.947 bits per heavy atom. The third-order valence-electron chi connectivity index (χ3n) is 7.81. The highest BCUT2D eigenvalue weighted by Crippen LogP contribution is 2.44. The van der Waals surface area contributed by atoms with Gasteiger partial charge in [0, 0.05) is 41.8 Å². The van der Waals surface area contributed by atoms with Gasteiger partial charge in [0.25, 0.3) is 5.91 Å². The van der Waals surface area contributed by atoms with Gasteiger partial charge in [0.2, 0.25) is 20.0 Å². The van der Waals surface area contributed by atoms with E-state index in [2.05, 4.69) is 4.90 Å². The molecule has 8 nitrogen and oxygen atoms in total. The van der Waals surface area contributed by atoms with Crippen LogP contribution >= 0.6 is 23.2 Å². The normalized spacial score (nSPS) is 24.2. The largest absolute Gasteiger partial charge is 0.293 e. The average Bonchev–Trinajstić information content (AvgIpc) is 3.76. The van der Waals surface area contributed by atoms with Gasteiger partial charge in [-0.25, -0.2) is 25.9 Å². The molecule has 2 aromatic rings. The predicted molar refractivity (Wildman–Crippen MR) is 141 cm³/mol. The van der Waals surface area contributed by atoms with Gasteiger partial charge in [0.05, 0.1) is 15.7 Å². The number of carbonyl (C=O) groups excluding carboxylic acids is 1. The molecule has 2 bridgehead atoms. The molecular formula is C25H26Cl2FN3O5S2. The summed E-state index contributed by atoms with van der Waals surface area (Å²) in [5.74, 6) is -1.51. The maximum absolute atomic E-state index is 15.1. The summed E-state index contributed by atoms with van der Waals surface area (Å²) in [6.07, 6.45) is 3.50. The molecule has 2 saturated carbocycles. The molecule has 0 spiro atoms. The maximum Gasteiger partial charge on any atom is 0.267 e. The maximum atomic E-state index is 15.1. The zero-order chi connectivity index (χ0) is 27.0. The van der Waals surface area contributed by atoms with E-state index in [0.717, 1.165) is 24.0 Å². The minimum Gasteiger partial charge on any atom is -0.293 e. The Morgan fingerprint density at radius 3 is 2.21 bits per heavy atom. The summed E-state index contributed by atoms with van der Waals surface area (Å²) in [5, 5.41) is -0.0839. The van der Waals surface area contributed by atoms with Crippen molar-refractivity contribution >= 4 is 49.2 Å². The fraction of sp³-hybridized carbons (Fsp3) is 0.480. The molecule has 0 radical (unpaired) electrons. The summed E-state index contributed by atoms with van der Waals surface area (Å²) in [7, 11) is -7.57. The second-order valence-corrected chi connectivity index (χ2v) is 15.4. The molecule has 38 heavy (non-hydrogen) atoms. The number of nitrogens with one attached hydrogen (secondary N) is 1. The summed E-state index contributed by atoms with van der Waals surface area (Å²) in [4.78, 5) is 14.9. The predicted octanol–water partition coefficient (Wildman–Crippen LogP) is 3.88. The highest BCUT2D eigenvalue weighted by molar-refractivity contribution is 7.91. The molecule has 2 heterocycles. The fourth-order valence-electron chi connectivity index (χ4n) is 5.59. The molecule has 4 aliphatic rings. The Bertz CT molecular complexity index is 1520. The lowest BCUT2D eigenvalue weighted by Crippen LogP contribution is -2.48. The van der Waals surface area contributed by atoms with Crippen LogP contribution in [0.2, 0.25) is 10.0 Å². The van der Waals surface area contributed by atoms with Crippen LogP contribution in [0.3, 0.4) is 0 Å². The number of hydrogen-bond donors (Lipinski definition) is 1. The van der Waals surface area contributed by atoms with Crippen LogP contribution in [0.25, 0.3) is 0 Å². The highest BCUT2D eigenvalue weighted by Gasteiger charge is 2.48. The van der Waals surface area contributed by atoms with Gasteiger partial charge in [0.1, 0.15) is 5.82 Å². The van der Waals surface area contributed by atoms with Gasteiger partial charge in [-0.15, -0.1) is 0 Å². The minimum atomic E-state index is -3.79. The molecule has 2 aliphatic heterocycles. The molecule has 1 N–H and O–H groups in total. The average molecular weight is 603 g/mol. The monoisotopic (exact) mass is 601 g/mol. The van der Waals surface area contributed by atoms with E-state index in [0.29, 0.717) is 38.9 Å². The van der Waals surface area contributed by atoms with Crippen LogP contribution in [0.5, 0.6) is 0 Å². The molecule has 2 aliphatic carbocycles. The molecule has 2 aromatic carbocycles. The fourth-order valence-corrected chi connectivity index (χ4v) is 9.28. The van der Waals surface area contributed by atoms with Crippen LogP contribution in [0.1, 0.15) is 59.5 Å². The van der Waals surface area contributed by atoms with Crippen molar-refractivity contribution in [1.29, 1.82) is 0 Å². The van der Waals surface area contributed by atoms with Crippen molar-refractivity contribution in [1.82, 2.24) is 13.9 Å². The van der Waals surface area contributed by atoms with Crippen LogP contribution < -0.4 is 4.72 Å². The zero-order valence-corrected chi connectivity index (χ0v) is 23.4. The second kappa shape index (κ2) is 9.42. The molecule has 0 aromatic heterocycles. The van der Waals surface area contributed by atoms with E-state index in [4.69, 9.17) is 23.2 Å². The first-order valence-corrected chi connectivity index (χ1v) is 16.3. The smallest absolute Gasteiger partial charge is 0.267 e. The van der Waals surface area contributed by atoms with Gasteiger partial charge in [-0.05, 0) is 79.5 Å². The first-order valence-electron chi connectivity index (χ1n) is 12.5. The lowest BCUT2D eigenvalue weighted by molar-refractivity contribution is 0.0977. The van der Waals surface area contributed by atoms with Crippen LogP contribution in [0.15, 0.2) is 35.2 Å². The third-order valence-corrected chi connectivity index (χ3v) is 12.0. The van der Waals surface area contributed by atoms with Gasteiger partial charge in [-0.2, -0.15) is 4.31 Å². The van der Waals surface area contributed by atoms with E-state index in [-0.39, 0.29) is 38.5 Å². The van der Waals surface area contributed by atoms with Crippen molar-refractivity contribution in [3.05, 3.63) is 62.9 Å². The Kier molecular flexibility index (Phi) is 6.56. The third kappa shape index (κ3) is 4.97. The number of likely N-dealkylation sites (tertiary alicyclic amines) is 1. The number of benzene rings is 2. The number of halogens is 3. The van der Waals surface area contributed by atoms with Crippen molar-refractivity contribution in [2.24, 2.45) is 0 Å². The Balaban J connectivity index is 1.19. The Hall–Kier alpha value is -1.76. The number of piperazine rings is 1. The molecule has 2 atom stereocenters. The lowest BCUT2D eigenvalue weighted by atomic mass is 9.98. The van der Waals surface area contributed by atoms with Crippen LogP contribution in [-0.4, -0.2) is 62.4 Å². The van der Waals surface area contributed by atoms with E-state index < -0.39 is 37.0 Å². The number of carbonyl (C=O) groups is 1. The molecule has 13 heteroatoms. The Morgan fingerprint density at radius 2 is 1.63 bits per heavy atom. The standard InChI is InChI=1S/C25H26Cl2FN3O5S2/c26-16-6-17(27)8-21(7-16)38(35,36)31-13-18-9-19(31)12-30(18)11-15-5-24(28)23(10-22(15)14-1-2-14)25(32)29-37(33,34)20-3-4-20/h5-8,10,14,18-20H,1-4,9,11-13H2,(H,29,32)/t18-,19-/m0/s1. The summed E-state index contributed by atoms with van der Waals surface area (Å²) >= 11 is 12.1. The molecule has 0 unspecified atom stereocenters. The molecule has 2 saturated heterocycles. The number of sulfonamides is 2. The van der Waals surface area contributed by atoms with Gasteiger partial charge < -0.3 is 0 Å². The van der Waals surface area contributed by atoms with Crippen LogP contribution in [0.4, 0.5) is 4.39 Å². The number of nitrogens with zero attached hydrogens (tertiary/aromatic N) is 2. The number of amides is 1. The molecule has 204 valence electrons. The first-order chi connectivity index (χ1) is 17.9. The van der Waals surface area contributed by atoms with E-state index in [1.54, 1.807) is 0 Å². The van der Waals surface area contributed by atoms with Crippen LogP contribution in [0, 0.1) is 5.82 Å². The minimum absolute atomic E-state index is 0.0359. The van der Waals surface area contributed by atoms with Crippen molar-refractivity contribution in [2.75, 3.05) is 13.1 Å². The topological polar surface area (TPSA) is 104 Å². The van der Waals surface area contributed by atoms with Crippen molar-refractivity contribution < 1.29 is 26.0 Å². The summed E-state index contributed by atoms with van der Waals surface area (Å²) in [5.41, 5.74) is 1.33. The highest BCUT2D eigenvalue weighted by atomic mass is 35.5. The van der Waals surface area contributed by atoms with Gasteiger partial charge >= 0.3 is 0 Å². The SMILES string of the molecule is O=C(NS(=O)(=O)C1CC1)c1cc(C2CC2)c(CN2C[C@@H]3C[C@H]2CN3S(=O)(=O)c2cc(Cl)cc(Cl)c2)cc1F. The molecule has 1 amide bonds. The summed E-state index contributed by atoms with van der Waals surface area (Å²) in [6.45, 7) is 1.22. The van der Waals surface area contributed by atoms with Crippen molar-refractivity contribution in [3.63, 3.8) is 0 Å². The number of hydrogen-bond acceptors (Lipinski definition) is 6. The van der Waals surface area contributed by atoms with Gasteiger partial charge in [-0.1, -0.05) is 23.2 Å². The van der Waals surface area contributed by atoms with E-state index in [1.807, 2.05) is 4.72 Å². The quantitative estimate of drug-likeness (QED) is 0.492. The van der Waals surface area contributed by atoms with E-state index in [9.17, 15) is 21.6 Å².